The van der Waals surface area contributed by atoms with Crippen LogP contribution in [0.4, 0.5) is 0 Å². The lowest BCUT2D eigenvalue weighted by Crippen LogP contribution is -1.68. The average molecular weight is 593 g/mol. The lowest BCUT2D eigenvalue weighted by Gasteiger charge is -1.97. The third kappa shape index (κ3) is 2.85. The maximum Gasteiger partial charge on any atom is 0.0542 e. The predicted molar refractivity (Wildman–Crippen MR) is 170 cm³/mol. The van der Waals surface area contributed by atoms with Crippen molar-refractivity contribution in [2.45, 2.75) is 6.92 Å². The first-order chi connectivity index (χ1) is 17.2. The van der Waals surface area contributed by atoms with Crippen molar-refractivity contribution in [1.82, 2.24) is 0 Å². The maximum atomic E-state index is 2.48. The van der Waals surface area contributed by atoms with Crippen LogP contribution in [-0.4, -0.2) is 0 Å². The lowest BCUT2D eigenvalue weighted by molar-refractivity contribution is 1.66. The second-order valence-electron chi connectivity index (χ2n) is 8.58. The van der Waals surface area contributed by atoms with Gasteiger partial charge in [-0.3, -0.25) is 0 Å². The topological polar surface area (TPSA) is 0 Å². The molecule has 8 aromatic heterocycles. The quantitative estimate of drug-likeness (QED) is 0.187. The molecule has 0 aliphatic carbocycles. The molecule has 0 aliphatic rings. The van der Waals surface area contributed by atoms with Crippen molar-refractivity contribution in [3.05, 3.63) is 58.1 Å². The summed E-state index contributed by atoms with van der Waals surface area (Å²) in [7, 11) is 0. The normalized spacial score (nSPS) is 12.7. The second-order valence-corrected chi connectivity index (χ2v) is 17.1. The van der Waals surface area contributed by atoms with Gasteiger partial charge in [-0.25, -0.2) is 0 Å². The summed E-state index contributed by atoms with van der Waals surface area (Å²) in [6.45, 7) is 2.24. The molecule has 0 aliphatic heterocycles. The van der Waals surface area contributed by atoms with Crippen molar-refractivity contribution in [2.24, 2.45) is 0 Å². The lowest BCUT2D eigenvalue weighted by atomic mass is 10.1. The number of rotatable bonds is 2. The highest BCUT2D eigenvalue weighted by molar-refractivity contribution is 7.37. The van der Waals surface area contributed by atoms with E-state index in [4.69, 9.17) is 0 Å². The molecule has 0 fully saturated rings. The summed E-state index contributed by atoms with van der Waals surface area (Å²) >= 11 is 15.5. The molecule has 8 heteroatoms. The fourth-order valence-corrected chi connectivity index (χ4v) is 14.4. The molecule has 35 heavy (non-hydrogen) atoms. The molecule has 9 aromatic rings. The van der Waals surface area contributed by atoms with Gasteiger partial charge in [0.25, 0.3) is 0 Å². The third-order valence-corrected chi connectivity index (χ3v) is 15.8. The van der Waals surface area contributed by atoms with Gasteiger partial charge in [-0.1, -0.05) is 0 Å². The van der Waals surface area contributed by atoms with Crippen LogP contribution in [0.2, 0.25) is 0 Å². The molecule has 0 N–H and O–H groups in total. The summed E-state index contributed by atoms with van der Waals surface area (Å²) < 4.78 is 12.9. The highest BCUT2D eigenvalue weighted by Gasteiger charge is 2.22. The fourth-order valence-electron chi connectivity index (χ4n) is 4.93. The Morgan fingerprint density at radius 2 is 1.06 bits per heavy atom. The molecule has 0 radical (unpaired) electrons. The Balaban J connectivity index is 1.40. The summed E-state index contributed by atoms with van der Waals surface area (Å²) in [5, 5.41) is 8.76. The first-order valence-electron chi connectivity index (χ1n) is 11.0. The molecule has 0 spiro atoms. The number of aryl methyl sites for hydroxylation is 1. The minimum atomic E-state index is 1.40. The van der Waals surface area contributed by atoms with Gasteiger partial charge in [-0.15, -0.1) is 90.7 Å². The van der Waals surface area contributed by atoms with E-state index in [0.29, 0.717) is 0 Å². The van der Waals surface area contributed by atoms with E-state index >= 15 is 0 Å². The van der Waals surface area contributed by atoms with E-state index in [1.165, 1.54) is 82.8 Å². The van der Waals surface area contributed by atoms with Crippen molar-refractivity contribution >= 4 is 149 Å². The van der Waals surface area contributed by atoms with Gasteiger partial charge >= 0.3 is 0 Å². The summed E-state index contributed by atoms with van der Waals surface area (Å²) in [5.41, 5.74) is 0. The van der Waals surface area contributed by atoms with Crippen molar-refractivity contribution in [1.29, 1.82) is 0 Å². The minimum absolute atomic E-state index is 1.40. The fraction of sp³-hybridized carbons (Fsp3) is 0.0370. The molecular formula is C27H12S8. The Kier molecular flexibility index (Phi) is 4.23. The van der Waals surface area contributed by atoms with E-state index in [1.807, 2.05) is 90.7 Å². The minimum Gasteiger partial charge on any atom is -0.143 e. The SMILES string of the molecule is Cc1cc2sc3c4cc(-c5cc6sccc6s5)sc4c4sc(-c5cc6sccc6s5)cc4c3c2s1. The van der Waals surface area contributed by atoms with E-state index in [2.05, 4.69) is 60.1 Å². The number of hydrogen-bond donors (Lipinski definition) is 0. The van der Waals surface area contributed by atoms with E-state index in [-0.39, 0.29) is 0 Å². The molecule has 8 heterocycles. The molecule has 0 atom stereocenters. The van der Waals surface area contributed by atoms with Crippen LogP contribution in [0, 0.1) is 6.92 Å². The van der Waals surface area contributed by atoms with Crippen LogP contribution in [-0.2, 0) is 0 Å². The summed E-state index contributed by atoms with van der Waals surface area (Å²) in [6.07, 6.45) is 0. The van der Waals surface area contributed by atoms with E-state index in [0.717, 1.165) is 0 Å². The Bertz CT molecular complexity index is 2180. The smallest absolute Gasteiger partial charge is 0.0542 e. The highest BCUT2D eigenvalue weighted by Crippen LogP contribution is 2.54. The van der Waals surface area contributed by atoms with Crippen molar-refractivity contribution in [3.63, 3.8) is 0 Å². The van der Waals surface area contributed by atoms with Crippen LogP contribution in [0.1, 0.15) is 4.88 Å². The van der Waals surface area contributed by atoms with Gasteiger partial charge in [0.15, 0.2) is 0 Å². The summed E-state index contributed by atoms with van der Waals surface area (Å²) in [4.78, 5) is 7.01. The zero-order valence-electron chi connectivity index (χ0n) is 18.0. The highest BCUT2D eigenvalue weighted by atomic mass is 32.1. The van der Waals surface area contributed by atoms with Crippen LogP contribution in [0.25, 0.3) is 78.0 Å². The molecule has 0 bridgehead atoms. The second kappa shape index (κ2) is 7.24. The first-order valence-corrected chi connectivity index (χ1v) is 17.6. The third-order valence-electron chi connectivity index (χ3n) is 6.44. The van der Waals surface area contributed by atoms with Crippen molar-refractivity contribution in [2.75, 3.05) is 0 Å². The molecule has 0 amide bonds. The zero-order chi connectivity index (χ0) is 22.8. The molecule has 0 unspecified atom stereocenters. The Labute approximate surface area is 231 Å². The zero-order valence-corrected chi connectivity index (χ0v) is 24.5. The van der Waals surface area contributed by atoms with Crippen molar-refractivity contribution in [3.8, 4) is 19.5 Å². The Morgan fingerprint density at radius 1 is 0.457 bits per heavy atom. The van der Waals surface area contributed by atoms with Gasteiger partial charge in [-0.05, 0) is 60.1 Å². The molecular weight excluding hydrogens is 581 g/mol. The van der Waals surface area contributed by atoms with Crippen LogP contribution >= 0.6 is 90.7 Å². The number of hydrogen-bond acceptors (Lipinski definition) is 8. The van der Waals surface area contributed by atoms with E-state index in [9.17, 15) is 0 Å². The summed E-state index contributed by atoms with van der Waals surface area (Å²) in [5.74, 6) is 0. The molecule has 1 aromatic carbocycles. The van der Waals surface area contributed by atoms with E-state index < -0.39 is 0 Å². The monoisotopic (exact) mass is 592 g/mol. The maximum absolute atomic E-state index is 2.48. The number of fused-ring (bicyclic) bond motifs is 10. The largest absolute Gasteiger partial charge is 0.143 e. The number of thiophene rings is 8. The standard InChI is InChI=1S/C27H12S8/c1-11-6-22-27(30-11)23-12-7-18(20-9-16-14(31-20)2-4-28-16)33-25(12)26-13(24(23)35-22)8-19(34-26)21-10-17-15(32-21)3-5-29-17/h2-10H,1H3. The molecule has 0 saturated heterocycles. The van der Waals surface area contributed by atoms with Gasteiger partial charge in [0.1, 0.15) is 0 Å². The van der Waals surface area contributed by atoms with Crippen LogP contribution in [0.5, 0.6) is 0 Å². The number of benzene rings is 1. The molecule has 0 saturated carbocycles. The van der Waals surface area contributed by atoms with Crippen LogP contribution < -0.4 is 0 Å². The van der Waals surface area contributed by atoms with Gasteiger partial charge < -0.3 is 0 Å². The van der Waals surface area contributed by atoms with Gasteiger partial charge in [-0.2, -0.15) is 0 Å². The van der Waals surface area contributed by atoms with E-state index in [1.54, 1.807) is 0 Å². The summed E-state index contributed by atoms with van der Waals surface area (Å²) in [6, 6.07) is 16.6. The first kappa shape index (κ1) is 20.4. The van der Waals surface area contributed by atoms with Crippen LogP contribution in [0.3, 0.4) is 0 Å². The Morgan fingerprint density at radius 3 is 1.71 bits per heavy atom. The van der Waals surface area contributed by atoms with Crippen molar-refractivity contribution < 1.29 is 0 Å². The van der Waals surface area contributed by atoms with Crippen LogP contribution in [0.15, 0.2) is 53.2 Å². The molecule has 9 rings (SSSR count). The van der Waals surface area contributed by atoms with Gasteiger partial charge in [0.2, 0.25) is 0 Å². The van der Waals surface area contributed by atoms with Gasteiger partial charge in [0, 0.05) is 68.7 Å². The predicted octanol–water partition coefficient (Wildman–Crippen LogP) is 12.7. The average Bonchev–Trinajstić information content (AvgIpc) is 3.63. The molecule has 0 nitrogen and oxygen atoms in total. The molecule has 168 valence electrons. The Hall–Kier alpha value is -1.62. The van der Waals surface area contributed by atoms with Gasteiger partial charge in [0.05, 0.1) is 14.1 Å².